The lowest BCUT2D eigenvalue weighted by Gasteiger charge is -2.13. The van der Waals surface area contributed by atoms with Gasteiger partial charge in [-0.25, -0.2) is 4.39 Å². The molecule has 0 aliphatic heterocycles. The van der Waals surface area contributed by atoms with E-state index in [-0.39, 0.29) is 11.6 Å². The fourth-order valence-electron chi connectivity index (χ4n) is 2.12. The fourth-order valence-corrected chi connectivity index (χ4v) is 3.14. The Morgan fingerprint density at radius 3 is 2.84 bits per heavy atom. The molecule has 3 aromatic rings. The van der Waals surface area contributed by atoms with Crippen LogP contribution in [0.25, 0.3) is 5.69 Å². The standard InChI is InChI=1S/C17H14ClFN4OS/c1-11(16(24)21-15-8-3-2-7-14(15)19)25-17-22-20-10-23(17)13-6-4-5-12(18)9-13/h2-11H,1H3,(H,21,24)/t11-/m0/s1. The summed E-state index contributed by atoms with van der Waals surface area (Å²) in [6.45, 7) is 1.72. The van der Waals surface area contributed by atoms with Crippen LogP contribution in [0.3, 0.4) is 0 Å². The van der Waals surface area contributed by atoms with Crippen molar-refractivity contribution in [3.05, 3.63) is 65.7 Å². The monoisotopic (exact) mass is 376 g/mol. The second-order valence-electron chi connectivity index (χ2n) is 5.19. The quantitative estimate of drug-likeness (QED) is 0.678. The molecule has 0 aliphatic rings. The molecule has 1 aromatic heterocycles. The predicted molar refractivity (Wildman–Crippen MR) is 96.7 cm³/mol. The van der Waals surface area contributed by atoms with Crippen molar-refractivity contribution in [3.63, 3.8) is 0 Å². The van der Waals surface area contributed by atoms with Crippen LogP contribution in [0, 0.1) is 5.82 Å². The van der Waals surface area contributed by atoms with Crippen molar-refractivity contribution in [3.8, 4) is 5.69 Å². The van der Waals surface area contributed by atoms with E-state index in [0.717, 1.165) is 5.69 Å². The topological polar surface area (TPSA) is 59.8 Å². The van der Waals surface area contributed by atoms with Crippen molar-refractivity contribution in [1.29, 1.82) is 0 Å². The molecule has 25 heavy (non-hydrogen) atoms. The molecule has 0 aliphatic carbocycles. The Balaban J connectivity index is 1.74. The molecule has 0 saturated heterocycles. The molecule has 2 aromatic carbocycles. The Morgan fingerprint density at radius 2 is 2.08 bits per heavy atom. The number of amides is 1. The van der Waals surface area contributed by atoms with Gasteiger partial charge < -0.3 is 5.32 Å². The number of hydrogen-bond acceptors (Lipinski definition) is 4. The first kappa shape index (κ1) is 17.4. The SMILES string of the molecule is C[C@H](Sc1nncn1-c1cccc(Cl)c1)C(=O)Nc1ccccc1F. The Bertz CT molecular complexity index is 902. The Hall–Kier alpha value is -2.38. The Morgan fingerprint density at radius 1 is 1.28 bits per heavy atom. The van der Waals surface area contributed by atoms with Gasteiger partial charge in [-0.05, 0) is 37.3 Å². The predicted octanol–water partition coefficient (Wildman–Crippen LogP) is 4.18. The van der Waals surface area contributed by atoms with Crippen molar-refractivity contribution >= 4 is 35.0 Å². The summed E-state index contributed by atoms with van der Waals surface area (Å²) in [5.41, 5.74) is 0.943. The van der Waals surface area contributed by atoms with Crippen LogP contribution in [0.2, 0.25) is 5.02 Å². The van der Waals surface area contributed by atoms with Gasteiger partial charge in [-0.1, -0.05) is 41.6 Å². The lowest BCUT2D eigenvalue weighted by atomic mass is 10.3. The molecule has 0 saturated carbocycles. The highest BCUT2D eigenvalue weighted by molar-refractivity contribution is 8.00. The van der Waals surface area contributed by atoms with Crippen LogP contribution in [-0.4, -0.2) is 25.9 Å². The van der Waals surface area contributed by atoms with Crippen LogP contribution >= 0.6 is 23.4 Å². The molecule has 0 unspecified atom stereocenters. The number of para-hydroxylation sites is 1. The van der Waals surface area contributed by atoms with Crippen LogP contribution in [-0.2, 0) is 4.79 Å². The van der Waals surface area contributed by atoms with Crippen molar-refractivity contribution in [2.45, 2.75) is 17.3 Å². The molecule has 0 spiro atoms. The van der Waals surface area contributed by atoms with E-state index in [1.807, 2.05) is 12.1 Å². The number of aromatic nitrogens is 3. The zero-order valence-corrected chi connectivity index (χ0v) is 14.8. The Kier molecular flexibility index (Phi) is 5.35. The van der Waals surface area contributed by atoms with Crippen LogP contribution < -0.4 is 5.32 Å². The molecule has 0 radical (unpaired) electrons. The van der Waals surface area contributed by atoms with E-state index in [0.29, 0.717) is 10.2 Å². The number of nitrogens with one attached hydrogen (secondary N) is 1. The van der Waals surface area contributed by atoms with Gasteiger partial charge in [0.2, 0.25) is 5.91 Å². The van der Waals surface area contributed by atoms with Crippen LogP contribution in [0.4, 0.5) is 10.1 Å². The number of rotatable bonds is 5. The van der Waals surface area contributed by atoms with E-state index in [1.54, 1.807) is 42.1 Å². The van der Waals surface area contributed by atoms with Gasteiger partial charge in [0.15, 0.2) is 5.16 Å². The molecule has 1 heterocycles. The highest BCUT2D eigenvalue weighted by Gasteiger charge is 2.19. The second-order valence-corrected chi connectivity index (χ2v) is 6.94. The highest BCUT2D eigenvalue weighted by atomic mass is 35.5. The van der Waals surface area contributed by atoms with Crippen LogP contribution in [0.1, 0.15) is 6.92 Å². The van der Waals surface area contributed by atoms with E-state index in [1.165, 1.54) is 23.9 Å². The summed E-state index contributed by atoms with van der Waals surface area (Å²) in [7, 11) is 0. The summed E-state index contributed by atoms with van der Waals surface area (Å²) >= 11 is 7.24. The molecular weight excluding hydrogens is 363 g/mol. The first-order valence-corrected chi connectivity index (χ1v) is 8.68. The van der Waals surface area contributed by atoms with E-state index in [2.05, 4.69) is 15.5 Å². The zero-order valence-electron chi connectivity index (χ0n) is 13.2. The average Bonchev–Trinajstić information content (AvgIpc) is 3.05. The lowest BCUT2D eigenvalue weighted by Crippen LogP contribution is -2.23. The third-order valence-corrected chi connectivity index (χ3v) is 4.68. The van der Waals surface area contributed by atoms with Gasteiger partial charge in [-0.3, -0.25) is 9.36 Å². The number of nitrogens with zero attached hydrogens (tertiary/aromatic N) is 3. The molecule has 128 valence electrons. The van der Waals surface area contributed by atoms with E-state index >= 15 is 0 Å². The summed E-state index contributed by atoms with van der Waals surface area (Å²) in [5, 5.41) is 11.2. The van der Waals surface area contributed by atoms with Gasteiger partial charge in [0, 0.05) is 5.02 Å². The number of benzene rings is 2. The molecule has 0 fully saturated rings. The summed E-state index contributed by atoms with van der Waals surface area (Å²) in [4.78, 5) is 12.3. The minimum atomic E-state index is -0.498. The van der Waals surface area contributed by atoms with E-state index < -0.39 is 11.1 Å². The van der Waals surface area contributed by atoms with Crippen LogP contribution in [0.15, 0.2) is 60.0 Å². The van der Waals surface area contributed by atoms with Gasteiger partial charge in [0.1, 0.15) is 12.1 Å². The molecule has 5 nitrogen and oxygen atoms in total. The van der Waals surface area contributed by atoms with Crippen molar-refractivity contribution in [2.75, 3.05) is 5.32 Å². The van der Waals surface area contributed by atoms with Gasteiger partial charge in [0.25, 0.3) is 0 Å². The van der Waals surface area contributed by atoms with Gasteiger partial charge >= 0.3 is 0 Å². The van der Waals surface area contributed by atoms with E-state index in [9.17, 15) is 9.18 Å². The number of thioether (sulfide) groups is 1. The van der Waals surface area contributed by atoms with Gasteiger partial charge in [-0.2, -0.15) is 0 Å². The molecule has 0 bridgehead atoms. The number of halogens is 2. The van der Waals surface area contributed by atoms with E-state index in [4.69, 9.17) is 11.6 Å². The summed E-state index contributed by atoms with van der Waals surface area (Å²) in [5.74, 6) is -0.800. The first-order valence-electron chi connectivity index (χ1n) is 7.42. The first-order chi connectivity index (χ1) is 12.0. The van der Waals surface area contributed by atoms with Crippen LogP contribution in [0.5, 0.6) is 0 Å². The summed E-state index contributed by atoms with van der Waals surface area (Å²) in [6.07, 6.45) is 1.55. The fraction of sp³-hybridized carbons (Fsp3) is 0.118. The summed E-state index contributed by atoms with van der Waals surface area (Å²) < 4.78 is 15.4. The largest absolute Gasteiger partial charge is 0.323 e. The smallest absolute Gasteiger partial charge is 0.237 e. The zero-order chi connectivity index (χ0) is 17.8. The second kappa shape index (κ2) is 7.67. The minimum absolute atomic E-state index is 0.149. The molecular formula is C17H14ClFN4OS. The van der Waals surface area contributed by atoms with Crippen molar-refractivity contribution in [1.82, 2.24) is 14.8 Å². The Labute approximate surface area is 153 Å². The van der Waals surface area contributed by atoms with Gasteiger partial charge in [-0.15, -0.1) is 10.2 Å². The number of carbonyl (C=O) groups is 1. The average molecular weight is 377 g/mol. The molecule has 3 rings (SSSR count). The molecule has 1 N–H and O–H groups in total. The normalized spacial score (nSPS) is 12.0. The maximum atomic E-state index is 13.7. The highest BCUT2D eigenvalue weighted by Crippen LogP contribution is 2.26. The molecule has 1 amide bonds. The molecule has 8 heteroatoms. The van der Waals surface area contributed by atoms with Crippen molar-refractivity contribution < 1.29 is 9.18 Å². The van der Waals surface area contributed by atoms with Gasteiger partial charge in [0.05, 0.1) is 16.6 Å². The van der Waals surface area contributed by atoms with Crippen molar-refractivity contribution in [2.24, 2.45) is 0 Å². The number of carbonyl (C=O) groups excluding carboxylic acids is 1. The number of hydrogen-bond donors (Lipinski definition) is 1. The molecule has 1 atom stereocenters. The maximum Gasteiger partial charge on any atom is 0.237 e. The third-order valence-electron chi connectivity index (χ3n) is 3.39. The lowest BCUT2D eigenvalue weighted by molar-refractivity contribution is -0.115. The summed E-state index contributed by atoms with van der Waals surface area (Å²) in [6, 6.07) is 13.3. The third kappa shape index (κ3) is 4.18. The minimum Gasteiger partial charge on any atom is -0.323 e. The maximum absolute atomic E-state index is 13.7. The number of anilines is 1.